The zero-order chi connectivity index (χ0) is 43.9. The molecule has 5 atom stereocenters. The molecule has 2 N–H and O–H groups in total. The van der Waals surface area contributed by atoms with E-state index in [1.54, 1.807) is 0 Å². The van der Waals surface area contributed by atoms with Gasteiger partial charge in [-0.15, -0.1) is 0 Å². The molecule has 8 rings (SSSR count). The maximum absolute atomic E-state index is 14.4. The molecular weight excluding hydrogens is 829 g/mol. The molecule has 2 heterocycles. The van der Waals surface area contributed by atoms with E-state index in [0.29, 0.717) is 0 Å². The number of methoxy groups -OCH3 is 1. The Morgan fingerprint density at radius 3 is 1.65 bits per heavy atom. The van der Waals surface area contributed by atoms with Gasteiger partial charge in [-0.05, 0) is 22.3 Å². The summed E-state index contributed by atoms with van der Waals surface area (Å²) >= 11 is 0. The first-order valence-corrected chi connectivity index (χ1v) is 22.0. The molecule has 7 aromatic rings. The van der Waals surface area contributed by atoms with Gasteiger partial charge in [-0.25, -0.2) is 0 Å². The molecule has 1 aliphatic rings. The summed E-state index contributed by atoms with van der Waals surface area (Å²) in [6, 6.07) is 42.0. The fraction of sp³-hybridized carbons (Fsp3) is 0.245. The molecule has 1 fully saturated rings. The van der Waals surface area contributed by atoms with Gasteiger partial charge in [0.1, 0.15) is 58.6 Å². The van der Waals surface area contributed by atoms with Gasteiger partial charge in [0.15, 0.2) is 11.5 Å². The number of benzene rings is 6. The maximum atomic E-state index is 14.4. The zero-order valence-corrected chi connectivity index (χ0v) is 35.3. The second kappa shape index (κ2) is 19.4. The van der Waals surface area contributed by atoms with Crippen molar-refractivity contribution < 1.29 is 55.7 Å². The minimum atomic E-state index is -4.04. The van der Waals surface area contributed by atoms with E-state index >= 15 is 0 Å². The van der Waals surface area contributed by atoms with Gasteiger partial charge in [0.2, 0.25) is 5.43 Å². The van der Waals surface area contributed by atoms with E-state index in [9.17, 15) is 23.4 Å². The number of hydrogen-bond acceptors (Lipinski definition) is 13. The highest BCUT2D eigenvalue weighted by atomic mass is 32.2. The van der Waals surface area contributed by atoms with Gasteiger partial charge in [0, 0.05) is 18.2 Å². The van der Waals surface area contributed by atoms with Crippen LogP contribution >= 0.6 is 0 Å². The van der Waals surface area contributed by atoms with E-state index in [4.69, 9.17) is 37.0 Å². The van der Waals surface area contributed by atoms with Gasteiger partial charge >= 0.3 is 10.1 Å². The molecule has 6 aromatic carbocycles. The van der Waals surface area contributed by atoms with Crippen LogP contribution in [0.15, 0.2) is 149 Å². The van der Waals surface area contributed by atoms with Crippen LogP contribution in [0, 0.1) is 0 Å². The van der Waals surface area contributed by atoms with Gasteiger partial charge < -0.3 is 47.2 Å². The minimum Gasteiger partial charge on any atom is -0.507 e. The molecule has 0 spiro atoms. The Labute approximate surface area is 364 Å². The third-order valence-corrected chi connectivity index (χ3v) is 11.1. The standard InChI is InChI=1S/C49H46O13S/c1-55-38-25-37-35(23-39(38)62-63(2,53)54)44(51)43-40(60-37)24-36(50)42(45(43)52)47-49(59-29-34-21-13-6-14-22-34)48(58-28-33-19-11-5-12-20-33)46(57-27-32-17-9-4-10-18-32)41(61-47)30-56-26-31-15-7-3-8-16-31/h3-25,41,46-50,52H,26-30H2,1-2H3/t41-,46-,47+,48+,49+/m1/s1. The number of fused-ring (bicyclic) bond motifs is 2. The molecule has 1 saturated heterocycles. The molecule has 1 aliphatic heterocycles. The van der Waals surface area contributed by atoms with Crippen molar-refractivity contribution in [3.63, 3.8) is 0 Å². The predicted octanol–water partition coefficient (Wildman–Crippen LogP) is 8.12. The number of rotatable bonds is 17. The average molecular weight is 875 g/mol. The van der Waals surface area contributed by atoms with Crippen LogP contribution in [0.3, 0.4) is 0 Å². The van der Waals surface area contributed by atoms with Gasteiger partial charge in [0.05, 0.1) is 57.3 Å². The van der Waals surface area contributed by atoms with Crippen LogP contribution in [-0.2, 0) is 60.2 Å². The van der Waals surface area contributed by atoms with Crippen LogP contribution in [0.4, 0.5) is 0 Å². The highest BCUT2D eigenvalue weighted by molar-refractivity contribution is 7.86. The van der Waals surface area contributed by atoms with Crippen molar-refractivity contribution in [3.05, 3.63) is 178 Å². The van der Waals surface area contributed by atoms with Crippen LogP contribution < -0.4 is 14.3 Å². The van der Waals surface area contributed by atoms with Gasteiger partial charge in [0.25, 0.3) is 0 Å². The van der Waals surface area contributed by atoms with Crippen LogP contribution in [0.5, 0.6) is 23.0 Å². The second-order valence-electron chi connectivity index (χ2n) is 15.1. The summed E-state index contributed by atoms with van der Waals surface area (Å²) < 4.78 is 74.4. The summed E-state index contributed by atoms with van der Waals surface area (Å²) in [6.45, 7) is 0.634. The number of phenols is 2. The predicted molar refractivity (Wildman–Crippen MR) is 234 cm³/mol. The third-order valence-electron chi connectivity index (χ3n) is 10.6. The SMILES string of the molecule is COc1cc2oc3cc(O)c([C@@H]4O[C@H](COCc5ccccc5)[C@@H](OCc5ccccc5)[C@H](OCc5ccccc5)[C@H]4OCc4ccccc4)c(O)c3c(=O)c2cc1OS(C)(=O)=O. The number of ether oxygens (including phenoxy) is 6. The van der Waals surface area contributed by atoms with Crippen molar-refractivity contribution in [2.75, 3.05) is 20.0 Å². The lowest BCUT2D eigenvalue weighted by atomic mass is 9.88. The molecule has 0 saturated carbocycles. The molecule has 13 nitrogen and oxygen atoms in total. The lowest BCUT2D eigenvalue weighted by molar-refractivity contribution is -0.275. The highest BCUT2D eigenvalue weighted by Crippen LogP contribution is 2.47. The summed E-state index contributed by atoms with van der Waals surface area (Å²) in [6.07, 6.45) is -4.16. The fourth-order valence-electron chi connectivity index (χ4n) is 7.69. The van der Waals surface area contributed by atoms with Crippen molar-refractivity contribution in [2.45, 2.75) is 56.9 Å². The lowest BCUT2D eigenvalue weighted by Gasteiger charge is -2.46. The average Bonchev–Trinajstić information content (AvgIpc) is 3.28. The van der Waals surface area contributed by atoms with E-state index < -0.39 is 57.6 Å². The Morgan fingerprint density at radius 2 is 1.13 bits per heavy atom. The van der Waals surface area contributed by atoms with Crippen LogP contribution in [0.1, 0.15) is 33.9 Å². The van der Waals surface area contributed by atoms with Crippen molar-refractivity contribution >= 4 is 32.1 Å². The monoisotopic (exact) mass is 874 g/mol. The summed E-state index contributed by atoms with van der Waals surface area (Å²) in [5, 5.41) is 23.8. The number of aromatic hydroxyl groups is 2. The number of phenolic OH excluding ortho intramolecular Hbond substituents is 2. The summed E-state index contributed by atoms with van der Waals surface area (Å²) in [4.78, 5) is 14.4. The van der Waals surface area contributed by atoms with Crippen LogP contribution in [0.25, 0.3) is 21.9 Å². The van der Waals surface area contributed by atoms with E-state index in [1.807, 2.05) is 121 Å². The van der Waals surface area contributed by atoms with Gasteiger partial charge in [-0.2, -0.15) is 8.42 Å². The Hall–Kier alpha value is -6.26. The van der Waals surface area contributed by atoms with Crippen LogP contribution in [0.2, 0.25) is 0 Å². The van der Waals surface area contributed by atoms with Crippen molar-refractivity contribution in [1.29, 1.82) is 0 Å². The topological polar surface area (TPSA) is 169 Å². The first-order valence-electron chi connectivity index (χ1n) is 20.2. The molecule has 0 radical (unpaired) electrons. The molecule has 1 aromatic heterocycles. The normalized spacial score (nSPS) is 19.0. The molecule has 0 aliphatic carbocycles. The Balaban J connectivity index is 1.27. The Morgan fingerprint density at radius 1 is 0.619 bits per heavy atom. The van der Waals surface area contributed by atoms with Gasteiger partial charge in [-0.3, -0.25) is 4.79 Å². The van der Waals surface area contributed by atoms with Gasteiger partial charge in [-0.1, -0.05) is 121 Å². The van der Waals surface area contributed by atoms with E-state index in [1.165, 1.54) is 19.2 Å². The summed E-state index contributed by atoms with van der Waals surface area (Å²) in [5.74, 6) is -1.39. The first kappa shape index (κ1) is 43.4. The van der Waals surface area contributed by atoms with Crippen LogP contribution in [-0.4, -0.2) is 63.0 Å². The second-order valence-corrected chi connectivity index (χ2v) is 16.7. The molecule has 0 unspecified atom stereocenters. The highest BCUT2D eigenvalue weighted by Gasteiger charge is 2.50. The summed E-state index contributed by atoms with van der Waals surface area (Å²) in [5.41, 5.74) is 2.44. The maximum Gasteiger partial charge on any atom is 0.306 e. The van der Waals surface area contributed by atoms with Crippen molar-refractivity contribution in [3.8, 4) is 23.0 Å². The molecule has 0 amide bonds. The molecule has 0 bridgehead atoms. The fourth-order valence-corrected chi connectivity index (χ4v) is 8.15. The van der Waals surface area contributed by atoms with E-state index in [0.717, 1.165) is 34.6 Å². The molecular formula is C49H46O13S. The third kappa shape index (κ3) is 10.2. The quantitative estimate of drug-likeness (QED) is 0.0665. The largest absolute Gasteiger partial charge is 0.507 e. The first-order chi connectivity index (χ1) is 30.6. The van der Waals surface area contributed by atoms with Crippen molar-refractivity contribution in [2.24, 2.45) is 0 Å². The van der Waals surface area contributed by atoms with Crippen molar-refractivity contribution in [1.82, 2.24) is 0 Å². The molecule has 326 valence electrons. The van der Waals surface area contributed by atoms with E-state index in [2.05, 4.69) is 0 Å². The Bertz CT molecular complexity index is 2800. The Kier molecular flexibility index (Phi) is 13.4. The number of hydrogen-bond donors (Lipinski definition) is 2. The molecule has 63 heavy (non-hydrogen) atoms. The summed E-state index contributed by atoms with van der Waals surface area (Å²) in [7, 11) is -2.74. The zero-order valence-electron chi connectivity index (χ0n) is 34.5. The van der Waals surface area contributed by atoms with E-state index in [-0.39, 0.29) is 72.0 Å². The smallest absolute Gasteiger partial charge is 0.306 e. The molecule has 14 heteroatoms. The minimum absolute atomic E-state index is 0.00567. The lowest BCUT2D eigenvalue weighted by Crippen LogP contribution is -2.58.